The van der Waals surface area contributed by atoms with Crippen molar-refractivity contribution in [2.45, 2.75) is 38.6 Å². The first-order valence-electron chi connectivity index (χ1n) is 5.57. The van der Waals surface area contributed by atoms with Crippen LogP contribution < -0.4 is 10.6 Å². The lowest BCUT2D eigenvalue weighted by Crippen LogP contribution is -2.44. The highest BCUT2D eigenvalue weighted by Gasteiger charge is 2.17. The van der Waals surface area contributed by atoms with Crippen LogP contribution in [0.5, 0.6) is 0 Å². The minimum atomic E-state index is -0.519. The third kappa shape index (κ3) is 3.90. The molecule has 2 N–H and O–H groups in total. The Morgan fingerprint density at radius 3 is 3.13 bits per heavy atom. The number of rotatable bonds is 4. The van der Waals surface area contributed by atoms with Gasteiger partial charge >= 0.3 is 6.03 Å². The first-order valence-corrected chi connectivity index (χ1v) is 5.57. The second kappa shape index (κ2) is 6.43. The highest BCUT2D eigenvalue weighted by molar-refractivity contribution is 5.74. The molecule has 1 atom stereocenters. The molecule has 0 saturated carbocycles. The Hall–Kier alpha value is -1.06. The van der Waals surface area contributed by atoms with Crippen molar-refractivity contribution in [3.63, 3.8) is 0 Å². The molecule has 3 nitrogen and oxygen atoms in total. The zero-order valence-corrected chi connectivity index (χ0v) is 9.18. The summed E-state index contributed by atoms with van der Waals surface area (Å²) < 4.78 is 11.8. The van der Waals surface area contributed by atoms with Gasteiger partial charge in [0.15, 0.2) is 0 Å². The molecule has 1 aliphatic rings. The monoisotopic (exact) mass is 214 g/mol. The number of carbonyl (C=O) groups excluding carboxylic acids is 1. The van der Waals surface area contributed by atoms with Crippen LogP contribution >= 0.6 is 0 Å². The van der Waals surface area contributed by atoms with Crippen LogP contribution in [0.2, 0.25) is 0 Å². The van der Waals surface area contributed by atoms with E-state index in [-0.39, 0.29) is 18.6 Å². The average Bonchev–Trinajstić information content (AvgIpc) is 2.27. The maximum absolute atomic E-state index is 11.8. The molecule has 86 valence electrons. The number of urea groups is 1. The molecule has 0 aromatic rings. The molecule has 1 unspecified atom stereocenters. The van der Waals surface area contributed by atoms with Crippen molar-refractivity contribution in [3.05, 3.63) is 11.6 Å². The van der Waals surface area contributed by atoms with Crippen LogP contribution in [-0.2, 0) is 0 Å². The van der Waals surface area contributed by atoms with Crippen LogP contribution in [0.3, 0.4) is 0 Å². The lowest BCUT2D eigenvalue weighted by Gasteiger charge is -2.24. The lowest BCUT2D eigenvalue weighted by atomic mass is 9.92. The molecule has 2 amide bonds. The molecule has 0 saturated heterocycles. The molecular weight excluding hydrogens is 195 g/mol. The van der Waals surface area contributed by atoms with Gasteiger partial charge in [0.25, 0.3) is 0 Å². The lowest BCUT2D eigenvalue weighted by molar-refractivity contribution is 0.236. The molecule has 0 aromatic carbocycles. The Kier molecular flexibility index (Phi) is 5.15. The van der Waals surface area contributed by atoms with Crippen LogP contribution in [-0.4, -0.2) is 25.3 Å². The van der Waals surface area contributed by atoms with Gasteiger partial charge in [-0.15, -0.1) is 0 Å². The summed E-state index contributed by atoms with van der Waals surface area (Å²) in [6, 6.07) is -0.123. The fraction of sp³-hybridized carbons (Fsp3) is 0.727. The fourth-order valence-electron chi connectivity index (χ4n) is 1.86. The Morgan fingerprint density at radius 1 is 1.67 bits per heavy atom. The van der Waals surface area contributed by atoms with Crippen molar-refractivity contribution in [2.75, 3.05) is 13.2 Å². The van der Waals surface area contributed by atoms with Gasteiger partial charge in [-0.2, -0.15) is 0 Å². The summed E-state index contributed by atoms with van der Waals surface area (Å²) in [6.07, 6.45) is 6.37. The summed E-state index contributed by atoms with van der Waals surface area (Å²) in [5.74, 6) is 0. The predicted octanol–water partition coefficient (Wildman–Crippen LogP) is 2.14. The Bertz CT molecular complexity index is 241. The minimum Gasteiger partial charge on any atom is -0.336 e. The smallest absolute Gasteiger partial charge is 0.315 e. The van der Waals surface area contributed by atoms with E-state index in [1.165, 1.54) is 5.57 Å². The van der Waals surface area contributed by atoms with Crippen LogP contribution in [0.25, 0.3) is 0 Å². The van der Waals surface area contributed by atoms with Crippen molar-refractivity contribution >= 4 is 6.03 Å². The number of halogens is 1. The minimum absolute atomic E-state index is 0.0870. The Morgan fingerprint density at radius 2 is 2.47 bits per heavy atom. The topological polar surface area (TPSA) is 41.1 Å². The zero-order chi connectivity index (χ0) is 11.1. The first kappa shape index (κ1) is 12.0. The van der Waals surface area contributed by atoms with E-state index >= 15 is 0 Å². The van der Waals surface area contributed by atoms with E-state index in [0.29, 0.717) is 0 Å². The second-order valence-corrected chi connectivity index (χ2v) is 3.71. The molecule has 0 aliphatic heterocycles. The molecular formula is C11H19FN2O. The van der Waals surface area contributed by atoms with Gasteiger partial charge in [0.05, 0.1) is 6.04 Å². The van der Waals surface area contributed by atoms with Gasteiger partial charge in [-0.1, -0.05) is 18.6 Å². The SMILES string of the molecule is CCC1=CCCCC1NC(=O)NCCF. The largest absolute Gasteiger partial charge is 0.336 e. The molecule has 1 aliphatic carbocycles. The van der Waals surface area contributed by atoms with Crippen molar-refractivity contribution in [1.29, 1.82) is 0 Å². The van der Waals surface area contributed by atoms with Crippen molar-refractivity contribution in [3.8, 4) is 0 Å². The number of hydrogen-bond donors (Lipinski definition) is 2. The summed E-state index contributed by atoms with van der Waals surface area (Å²) >= 11 is 0. The third-order valence-electron chi connectivity index (χ3n) is 2.64. The molecule has 0 bridgehead atoms. The van der Waals surface area contributed by atoms with Gasteiger partial charge in [-0.25, -0.2) is 9.18 Å². The van der Waals surface area contributed by atoms with Gasteiger partial charge in [0.1, 0.15) is 6.67 Å². The molecule has 0 spiro atoms. The summed E-state index contributed by atoms with van der Waals surface area (Å²) in [4.78, 5) is 11.3. The van der Waals surface area contributed by atoms with E-state index in [2.05, 4.69) is 23.6 Å². The van der Waals surface area contributed by atoms with Crippen molar-refractivity contribution < 1.29 is 9.18 Å². The predicted molar refractivity (Wildman–Crippen MR) is 58.5 cm³/mol. The number of amides is 2. The summed E-state index contributed by atoms with van der Waals surface area (Å²) in [5.41, 5.74) is 1.29. The number of carbonyl (C=O) groups is 1. The molecule has 15 heavy (non-hydrogen) atoms. The molecule has 0 heterocycles. The van der Waals surface area contributed by atoms with E-state index in [9.17, 15) is 9.18 Å². The number of hydrogen-bond acceptors (Lipinski definition) is 1. The summed E-state index contributed by atoms with van der Waals surface area (Å²) in [7, 11) is 0. The van der Waals surface area contributed by atoms with E-state index < -0.39 is 6.67 Å². The maximum atomic E-state index is 11.8. The summed E-state index contributed by atoms with van der Waals surface area (Å²) in [6.45, 7) is 1.66. The fourth-order valence-corrected chi connectivity index (χ4v) is 1.86. The van der Waals surface area contributed by atoms with Crippen molar-refractivity contribution in [1.82, 2.24) is 10.6 Å². The van der Waals surface area contributed by atoms with Crippen molar-refractivity contribution in [2.24, 2.45) is 0 Å². The summed E-state index contributed by atoms with van der Waals surface area (Å²) in [5, 5.41) is 5.34. The highest BCUT2D eigenvalue weighted by Crippen LogP contribution is 2.20. The van der Waals surface area contributed by atoms with Gasteiger partial charge in [-0.3, -0.25) is 0 Å². The number of allylic oxidation sites excluding steroid dienone is 1. The van der Waals surface area contributed by atoms with Gasteiger partial charge in [-0.05, 0) is 25.7 Å². The van der Waals surface area contributed by atoms with E-state index in [4.69, 9.17) is 0 Å². The van der Waals surface area contributed by atoms with Crippen LogP contribution in [0.1, 0.15) is 32.6 Å². The first-order chi connectivity index (χ1) is 7.27. The molecule has 0 radical (unpaired) electrons. The van der Waals surface area contributed by atoms with Crippen LogP contribution in [0.4, 0.5) is 9.18 Å². The van der Waals surface area contributed by atoms with Crippen LogP contribution in [0.15, 0.2) is 11.6 Å². The zero-order valence-electron chi connectivity index (χ0n) is 9.18. The molecule has 1 rings (SSSR count). The Balaban J connectivity index is 2.39. The normalized spacial score (nSPS) is 20.7. The number of alkyl halides is 1. The van der Waals surface area contributed by atoms with E-state index in [1.54, 1.807) is 0 Å². The molecule has 4 heteroatoms. The quantitative estimate of drug-likeness (QED) is 0.692. The maximum Gasteiger partial charge on any atom is 0.315 e. The van der Waals surface area contributed by atoms with Gasteiger partial charge < -0.3 is 10.6 Å². The molecule has 0 fully saturated rings. The Labute approximate surface area is 90.1 Å². The molecule has 0 aromatic heterocycles. The van der Waals surface area contributed by atoms with Gasteiger partial charge in [0.2, 0.25) is 0 Å². The number of nitrogens with one attached hydrogen (secondary N) is 2. The average molecular weight is 214 g/mol. The van der Waals surface area contributed by atoms with E-state index in [1.807, 2.05) is 0 Å². The third-order valence-corrected chi connectivity index (χ3v) is 2.64. The van der Waals surface area contributed by atoms with Crippen LogP contribution in [0, 0.1) is 0 Å². The second-order valence-electron chi connectivity index (χ2n) is 3.71. The highest BCUT2D eigenvalue weighted by atomic mass is 19.1. The standard InChI is InChI=1S/C11H19FN2O/c1-2-9-5-3-4-6-10(9)14-11(15)13-8-7-12/h5,10H,2-4,6-8H2,1H3,(H2,13,14,15). The van der Waals surface area contributed by atoms with E-state index in [0.717, 1.165) is 25.7 Å². The van der Waals surface area contributed by atoms with Gasteiger partial charge in [0, 0.05) is 6.54 Å².